The van der Waals surface area contributed by atoms with Crippen LogP contribution in [0.2, 0.25) is 0 Å². The van der Waals surface area contributed by atoms with E-state index < -0.39 is 4.92 Å². The summed E-state index contributed by atoms with van der Waals surface area (Å²) in [6.07, 6.45) is 3.34. The van der Waals surface area contributed by atoms with Crippen molar-refractivity contribution in [2.75, 3.05) is 18.4 Å². The van der Waals surface area contributed by atoms with Crippen molar-refractivity contribution in [2.45, 2.75) is 26.3 Å². The van der Waals surface area contributed by atoms with Crippen LogP contribution >= 0.6 is 0 Å². The number of nitrogens with zero attached hydrogens (tertiary/aromatic N) is 3. The molecule has 140 valence electrons. The Labute approximate surface area is 150 Å². The maximum Gasteiger partial charge on any atom is 0.287 e. The van der Waals surface area contributed by atoms with Gasteiger partial charge in [0.05, 0.1) is 11.0 Å². The second-order valence-corrected chi connectivity index (χ2v) is 5.82. The minimum Gasteiger partial charge on any atom is -0.446 e. The lowest BCUT2D eigenvalue weighted by Crippen LogP contribution is -2.29. The van der Waals surface area contributed by atoms with E-state index in [1.807, 2.05) is 13.8 Å². The van der Waals surface area contributed by atoms with Gasteiger partial charge in [-0.3, -0.25) is 14.9 Å². The largest absolute Gasteiger partial charge is 0.446 e. The summed E-state index contributed by atoms with van der Waals surface area (Å²) in [5.41, 5.74) is 6.12. The summed E-state index contributed by atoms with van der Waals surface area (Å²) >= 11 is 0. The van der Waals surface area contributed by atoms with Gasteiger partial charge >= 0.3 is 0 Å². The fourth-order valence-electron chi connectivity index (χ4n) is 2.10. The van der Waals surface area contributed by atoms with E-state index in [4.69, 9.17) is 10.2 Å². The summed E-state index contributed by atoms with van der Waals surface area (Å²) in [5, 5.41) is 16.2. The van der Waals surface area contributed by atoms with Gasteiger partial charge in [0.15, 0.2) is 5.69 Å². The summed E-state index contributed by atoms with van der Waals surface area (Å²) in [7, 11) is 0. The highest BCUT2D eigenvalue weighted by Gasteiger charge is 2.20. The van der Waals surface area contributed by atoms with E-state index in [1.165, 1.54) is 24.6 Å². The maximum atomic E-state index is 12.1. The topological polar surface area (TPSA) is 149 Å². The molecule has 0 fully saturated rings. The molecule has 0 spiro atoms. The van der Waals surface area contributed by atoms with Gasteiger partial charge in [-0.1, -0.05) is 20.3 Å². The monoisotopic (exact) mass is 362 g/mol. The zero-order valence-corrected chi connectivity index (χ0v) is 14.6. The molecule has 10 nitrogen and oxygen atoms in total. The van der Waals surface area contributed by atoms with E-state index in [0.717, 1.165) is 6.42 Å². The van der Waals surface area contributed by atoms with Gasteiger partial charge in [-0.15, -0.1) is 0 Å². The van der Waals surface area contributed by atoms with Crippen LogP contribution in [-0.4, -0.2) is 33.9 Å². The van der Waals surface area contributed by atoms with Crippen LogP contribution in [0.25, 0.3) is 0 Å². The molecule has 10 heteroatoms. The van der Waals surface area contributed by atoms with E-state index in [1.54, 1.807) is 0 Å². The Kier molecular flexibility index (Phi) is 6.61. The van der Waals surface area contributed by atoms with Crippen LogP contribution in [0.1, 0.15) is 42.7 Å². The fourth-order valence-corrected chi connectivity index (χ4v) is 2.10. The molecular weight excluding hydrogens is 340 g/mol. The zero-order valence-electron chi connectivity index (χ0n) is 14.6. The lowest BCUT2D eigenvalue weighted by Gasteiger charge is -2.13. The molecule has 1 amide bonds. The molecule has 2 aromatic heterocycles. The molecular formula is C16H22N6O4. The molecule has 0 saturated heterocycles. The van der Waals surface area contributed by atoms with Crippen molar-refractivity contribution in [2.24, 2.45) is 11.7 Å². The van der Waals surface area contributed by atoms with Crippen molar-refractivity contribution in [1.29, 1.82) is 0 Å². The minimum atomic E-state index is -0.518. The van der Waals surface area contributed by atoms with Crippen LogP contribution in [-0.2, 0) is 0 Å². The smallest absolute Gasteiger partial charge is 0.287 e. The molecule has 2 aromatic rings. The van der Waals surface area contributed by atoms with Gasteiger partial charge in [0, 0.05) is 19.2 Å². The predicted molar refractivity (Wildman–Crippen MR) is 94.6 cm³/mol. The Hall–Kier alpha value is -3.01. The van der Waals surface area contributed by atoms with Crippen LogP contribution in [0.5, 0.6) is 0 Å². The van der Waals surface area contributed by atoms with E-state index in [9.17, 15) is 14.9 Å². The van der Waals surface area contributed by atoms with Crippen LogP contribution in [0.3, 0.4) is 0 Å². The highest BCUT2D eigenvalue weighted by Crippen LogP contribution is 2.21. The lowest BCUT2D eigenvalue weighted by atomic mass is 10.0. The lowest BCUT2D eigenvalue weighted by molar-refractivity contribution is -0.385. The predicted octanol–water partition coefficient (Wildman–Crippen LogP) is 1.87. The van der Waals surface area contributed by atoms with Gasteiger partial charge in [-0.05, 0) is 12.0 Å². The van der Waals surface area contributed by atoms with Crippen molar-refractivity contribution in [3.05, 3.63) is 46.3 Å². The third kappa shape index (κ3) is 4.99. The number of hydrogen-bond donors (Lipinski definition) is 3. The zero-order chi connectivity index (χ0) is 19.1. The standard InChI is InChI=1S/C16H22N6O4/c1-3-10(2)14(17)16-21-12(9-26-16)15(23)19-7-6-18-13-5-4-11(8-20-13)22(24)25/h4-5,8-10,14H,3,6-7,17H2,1-2H3,(H,18,20)(H,19,23). The number of amides is 1. The summed E-state index contributed by atoms with van der Waals surface area (Å²) in [5.74, 6) is 0.656. The molecule has 0 aliphatic heterocycles. The van der Waals surface area contributed by atoms with Crippen molar-refractivity contribution in [1.82, 2.24) is 15.3 Å². The number of nitro groups is 1. The van der Waals surface area contributed by atoms with Crippen LogP contribution in [0, 0.1) is 16.0 Å². The fraction of sp³-hybridized carbons (Fsp3) is 0.438. The first-order valence-corrected chi connectivity index (χ1v) is 8.25. The van der Waals surface area contributed by atoms with Gasteiger partial charge in [-0.2, -0.15) is 0 Å². The van der Waals surface area contributed by atoms with Gasteiger partial charge in [0.25, 0.3) is 11.6 Å². The first kappa shape index (κ1) is 19.3. The number of oxazole rings is 1. The van der Waals surface area contributed by atoms with Crippen LogP contribution < -0.4 is 16.4 Å². The van der Waals surface area contributed by atoms with Gasteiger partial charge in [-0.25, -0.2) is 9.97 Å². The summed E-state index contributed by atoms with van der Waals surface area (Å²) < 4.78 is 5.30. The van der Waals surface area contributed by atoms with Crippen molar-refractivity contribution >= 4 is 17.4 Å². The van der Waals surface area contributed by atoms with E-state index >= 15 is 0 Å². The molecule has 2 rings (SSSR count). The number of anilines is 1. The third-order valence-electron chi connectivity index (χ3n) is 3.97. The first-order valence-electron chi connectivity index (χ1n) is 8.25. The molecule has 2 heterocycles. The quantitative estimate of drug-likeness (QED) is 0.347. The molecule has 26 heavy (non-hydrogen) atoms. The Morgan fingerprint density at radius 3 is 2.81 bits per heavy atom. The highest BCUT2D eigenvalue weighted by atomic mass is 16.6. The van der Waals surface area contributed by atoms with Crippen molar-refractivity contribution in [3.8, 4) is 0 Å². The number of rotatable bonds is 9. The Morgan fingerprint density at radius 2 is 2.19 bits per heavy atom. The molecule has 0 aliphatic carbocycles. The summed E-state index contributed by atoms with van der Waals surface area (Å²) in [6, 6.07) is 2.50. The summed E-state index contributed by atoms with van der Waals surface area (Å²) in [6.45, 7) is 4.73. The molecule has 0 aliphatic rings. The van der Waals surface area contributed by atoms with Crippen molar-refractivity contribution < 1.29 is 14.1 Å². The number of carbonyl (C=O) groups is 1. The average Bonchev–Trinajstić information content (AvgIpc) is 3.14. The Morgan fingerprint density at radius 1 is 1.42 bits per heavy atom. The number of hydrogen-bond acceptors (Lipinski definition) is 8. The molecule has 0 bridgehead atoms. The summed E-state index contributed by atoms with van der Waals surface area (Å²) in [4.78, 5) is 30.2. The highest BCUT2D eigenvalue weighted by molar-refractivity contribution is 5.91. The number of nitrogens with one attached hydrogen (secondary N) is 2. The van der Waals surface area contributed by atoms with Crippen LogP contribution in [0.4, 0.5) is 11.5 Å². The Bertz CT molecular complexity index is 745. The van der Waals surface area contributed by atoms with Crippen LogP contribution in [0.15, 0.2) is 29.0 Å². The molecule has 2 unspecified atom stereocenters. The molecule has 4 N–H and O–H groups in total. The minimum absolute atomic E-state index is 0.0821. The first-order chi connectivity index (χ1) is 12.4. The van der Waals surface area contributed by atoms with E-state index in [2.05, 4.69) is 20.6 Å². The van der Waals surface area contributed by atoms with Gasteiger partial charge in [0.2, 0.25) is 5.89 Å². The van der Waals surface area contributed by atoms with E-state index in [-0.39, 0.29) is 29.2 Å². The Balaban J connectivity index is 1.78. The number of pyridine rings is 1. The van der Waals surface area contributed by atoms with Gasteiger partial charge < -0.3 is 20.8 Å². The number of carbonyl (C=O) groups excluding carboxylic acids is 1. The maximum absolute atomic E-state index is 12.1. The normalized spacial score (nSPS) is 13.0. The number of nitrogens with two attached hydrogens (primary N) is 1. The molecule has 0 aromatic carbocycles. The molecule has 0 radical (unpaired) electrons. The van der Waals surface area contributed by atoms with Crippen molar-refractivity contribution in [3.63, 3.8) is 0 Å². The second-order valence-electron chi connectivity index (χ2n) is 5.82. The third-order valence-corrected chi connectivity index (χ3v) is 3.97. The molecule has 2 atom stereocenters. The average molecular weight is 362 g/mol. The molecule has 0 saturated carbocycles. The van der Waals surface area contributed by atoms with Gasteiger partial charge in [0.1, 0.15) is 18.3 Å². The number of aromatic nitrogens is 2. The second kappa shape index (κ2) is 8.90. The SMILES string of the molecule is CCC(C)C(N)c1nc(C(=O)NCCNc2ccc([N+](=O)[O-])cn2)co1. The van der Waals surface area contributed by atoms with E-state index in [0.29, 0.717) is 24.8 Å².